The summed E-state index contributed by atoms with van der Waals surface area (Å²) in [6.07, 6.45) is 1.59. The minimum atomic E-state index is 0.0426. The Kier molecular flexibility index (Phi) is 6.37. The first-order valence-electron chi connectivity index (χ1n) is 9.82. The highest BCUT2D eigenvalue weighted by molar-refractivity contribution is 7.19. The quantitative estimate of drug-likeness (QED) is 0.355. The van der Waals surface area contributed by atoms with Gasteiger partial charge in [0, 0.05) is 17.3 Å². The lowest BCUT2D eigenvalue weighted by molar-refractivity contribution is 0.373. The maximum Gasteiger partial charge on any atom is 0.210 e. The summed E-state index contributed by atoms with van der Waals surface area (Å²) in [6, 6.07) is 20.9. The molecule has 6 nitrogen and oxygen atoms in total. The number of benzene rings is 3. The normalized spacial score (nSPS) is 11.0. The van der Waals surface area contributed by atoms with E-state index in [1.807, 2.05) is 48.5 Å². The molecule has 0 aliphatic rings. The Balaban J connectivity index is 1.76. The Morgan fingerprint density at radius 2 is 1.44 bits per heavy atom. The number of hydrogen-bond donors (Lipinski definition) is 1. The molecule has 3 aromatic carbocycles. The number of thiazole rings is 1. The molecule has 1 heterocycles. The van der Waals surface area contributed by atoms with E-state index in [9.17, 15) is 5.11 Å². The second-order valence-corrected chi connectivity index (χ2v) is 7.77. The lowest BCUT2D eigenvalue weighted by Crippen LogP contribution is -1.88. The molecule has 0 saturated carbocycles. The molecule has 1 N–H and O–H groups in total. The number of hydrogen-bond acceptors (Lipinski definition) is 7. The van der Waals surface area contributed by atoms with Crippen LogP contribution in [0.15, 0.2) is 71.7 Å². The molecule has 0 unspecified atom stereocenters. The van der Waals surface area contributed by atoms with Crippen LogP contribution >= 0.6 is 11.3 Å². The van der Waals surface area contributed by atoms with Gasteiger partial charge in [-0.15, -0.1) is 0 Å². The Labute approximate surface area is 190 Å². The minimum absolute atomic E-state index is 0.0426. The number of methoxy groups -OCH3 is 3. The Bertz CT molecular complexity index is 1170. The fraction of sp³-hybridized carbons (Fsp3) is 0.120. The van der Waals surface area contributed by atoms with Crippen molar-refractivity contribution in [3.8, 4) is 44.7 Å². The van der Waals surface area contributed by atoms with Crippen molar-refractivity contribution in [1.82, 2.24) is 4.98 Å². The standard InChI is InChI=1S/C25H22N2O4S/c1-29-19-11-7-16(8-12-19)22-24(17-9-13-20(30-2)14-10-17)32-25(27-22)26-15-18-5-4-6-21(31-3)23(18)28/h4-15,28H,1-3H3. The number of aliphatic imine (C=N–C) groups is 1. The van der Waals surface area contributed by atoms with Crippen LogP contribution in [-0.4, -0.2) is 37.6 Å². The summed E-state index contributed by atoms with van der Waals surface area (Å²) in [4.78, 5) is 10.3. The van der Waals surface area contributed by atoms with Gasteiger partial charge >= 0.3 is 0 Å². The third-order valence-electron chi connectivity index (χ3n) is 4.90. The summed E-state index contributed by atoms with van der Waals surface area (Å²) in [5, 5.41) is 10.9. The van der Waals surface area contributed by atoms with E-state index < -0.39 is 0 Å². The molecule has 1 aromatic heterocycles. The number of phenols is 1. The lowest BCUT2D eigenvalue weighted by atomic mass is 10.1. The van der Waals surface area contributed by atoms with Gasteiger partial charge in [0.25, 0.3) is 0 Å². The summed E-state index contributed by atoms with van der Waals surface area (Å²) in [5.41, 5.74) is 3.35. The van der Waals surface area contributed by atoms with Crippen LogP contribution in [0.3, 0.4) is 0 Å². The van der Waals surface area contributed by atoms with E-state index in [4.69, 9.17) is 19.2 Å². The average Bonchev–Trinajstić information content (AvgIpc) is 3.28. The highest BCUT2D eigenvalue weighted by Crippen LogP contribution is 2.41. The zero-order valence-corrected chi connectivity index (χ0v) is 18.7. The largest absolute Gasteiger partial charge is 0.504 e. The highest BCUT2D eigenvalue weighted by Gasteiger charge is 2.15. The first-order chi connectivity index (χ1) is 15.6. The third kappa shape index (κ3) is 4.43. The van der Waals surface area contributed by atoms with Gasteiger partial charge in [0.15, 0.2) is 11.5 Å². The van der Waals surface area contributed by atoms with Crippen LogP contribution in [0, 0.1) is 0 Å². The molecule has 4 rings (SSSR count). The van der Waals surface area contributed by atoms with Crippen LogP contribution in [0.2, 0.25) is 0 Å². The minimum Gasteiger partial charge on any atom is -0.504 e. The molecule has 0 aliphatic carbocycles. The first-order valence-corrected chi connectivity index (χ1v) is 10.6. The van der Waals surface area contributed by atoms with Crippen molar-refractivity contribution in [2.75, 3.05) is 21.3 Å². The van der Waals surface area contributed by atoms with Crippen LogP contribution in [0.25, 0.3) is 21.7 Å². The van der Waals surface area contributed by atoms with Crippen LogP contribution in [0.1, 0.15) is 5.56 Å². The first kappa shape index (κ1) is 21.4. The molecule has 0 spiro atoms. The fourth-order valence-electron chi connectivity index (χ4n) is 3.18. The molecule has 0 atom stereocenters. The molecule has 4 aromatic rings. The van der Waals surface area contributed by atoms with E-state index in [2.05, 4.69) is 4.99 Å². The molecule has 0 radical (unpaired) electrons. The van der Waals surface area contributed by atoms with Gasteiger partial charge < -0.3 is 19.3 Å². The van der Waals surface area contributed by atoms with Gasteiger partial charge in [-0.05, 0) is 66.2 Å². The van der Waals surface area contributed by atoms with Crippen molar-refractivity contribution < 1.29 is 19.3 Å². The van der Waals surface area contributed by atoms with E-state index in [0.29, 0.717) is 16.4 Å². The maximum absolute atomic E-state index is 10.3. The molecular formula is C25H22N2O4S. The maximum atomic E-state index is 10.3. The number of ether oxygens (including phenoxy) is 3. The van der Waals surface area contributed by atoms with Gasteiger partial charge in [-0.2, -0.15) is 0 Å². The Hall–Kier alpha value is -3.84. The summed E-state index contributed by atoms with van der Waals surface area (Å²) in [7, 11) is 4.80. The lowest BCUT2D eigenvalue weighted by Gasteiger charge is -2.05. The van der Waals surface area contributed by atoms with Crippen LogP contribution in [0.5, 0.6) is 23.0 Å². The van der Waals surface area contributed by atoms with E-state index in [1.54, 1.807) is 38.6 Å². The number of phenolic OH excluding ortho intramolecular Hbond substituents is 1. The van der Waals surface area contributed by atoms with Gasteiger partial charge in [-0.25, -0.2) is 9.98 Å². The summed E-state index contributed by atoms with van der Waals surface area (Å²) < 4.78 is 15.7. The molecule has 0 fully saturated rings. The Morgan fingerprint density at radius 3 is 2.03 bits per heavy atom. The van der Waals surface area contributed by atoms with Crippen molar-refractivity contribution in [3.63, 3.8) is 0 Å². The average molecular weight is 447 g/mol. The van der Waals surface area contributed by atoms with Crippen molar-refractivity contribution in [3.05, 3.63) is 72.3 Å². The van der Waals surface area contributed by atoms with Gasteiger partial charge in [0.1, 0.15) is 11.5 Å². The number of aromatic nitrogens is 1. The van der Waals surface area contributed by atoms with Gasteiger partial charge in [-0.3, -0.25) is 0 Å². The SMILES string of the molecule is COc1ccc(-c2nc(N=Cc3cccc(OC)c3O)sc2-c2ccc(OC)cc2)cc1. The molecule has 0 aliphatic heterocycles. The van der Waals surface area contributed by atoms with E-state index in [0.717, 1.165) is 33.2 Å². The van der Waals surface area contributed by atoms with Crippen LogP contribution in [-0.2, 0) is 0 Å². The fourth-order valence-corrected chi connectivity index (χ4v) is 4.12. The number of nitrogens with zero attached hydrogens (tertiary/aromatic N) is 2. The van der Waals surface area contributed by atoms with Crippen molar-refractivity contribution in [2.24, 2.45) is 4.99 Å². The second-order valence-electron chi connectivity index (χ2n) is 6.79. The van der Waals surface area contributed by atoms with Crippen molar-refractivity contribution in [1.29, 1.82) is 0 Å². The number of para-hydroxylation sites is 1. The number of rotatable bonds is 7. The summed E-state index contributed by atoms with van der Waals surface area (Å²) in [5.74, 6) is 2.00. The molecule has 0 amide bonds. The molecule has 0 saturated heterocycles. The molecule has 162 valence electrons. The van der Waals surface area contributed by atoms with Gasteiger partial charge in [-0.1, -0.05) is 17.4 Å². The smallest absolute Gasteiger partial charge is 0.210 e. The Morgan fingerprint density at radius 1 is 0.812 bits per heavy atom. The van der Waals surface area contributed by atoms with Crippen molar-refractivity contribution >= 4 is 22.7 Å². The van der Waals surface area contributed by atoms with Gasteiger partial charge in [0.05, 0.1) is 31.9 Å². The zero-order valence-electron chi connectivity index (χ0n) is 17.9. The highest BCUT2D eigenvalue weighted by atomic mass is 32.1. The zero-order chi connectivity index (χ0) is 22.5. The third-order valence-corrected chi connectivity index (χ3v) is 5.91. The second kappa shape index (κ2) is 9.53. The monoisotopic (exact) mass is 446 g/mol. The predicted octanol–water partition coefficient (Wildman–Crippen LogP) is 5.96. The summed E-state index contributed by atoms with van der Waals surface area (Å²) >= 11 is 1.47. The molecule has 7 heteroatoms. The van der Waals surface area contributed by atoms with Crippen LogP contribution in [0.4, 0.5) is 5.13 Å². The van der Waals surface area contributed by atoms with E-state index in [-0.39, 0.29) is 5.75 Å². The number of aromatic hydroxyl groups is 1. The van der Waals surface area contributed by atoms with Crippen molar-refractivity contribution in [2.45, 2.75) is 0 Å². The van der Waals surface area contributed by atoms with E-state index in [1.165, 1.54) is 18.4 Å². The predicted molar refractivity (Wildman–Crippen MR) is 128 cm³/mol. The van der Waals surface area contributed by atoms with Gasteiger partial charge in [0.2, 0.25) is 5.13 Å². The summed E-state index contributed by atoms with van der Waals surface area (Å²) in [6.45, 7) is 0. The van der Waals surface area contributed by atoms with Crippen LogP contribution < -0.4 is 14.2 Å². The molecular weight excluding hydrogens is 424 g/mol. The molecule has 0 bridgehead atoms. The van der Waals surface area contributed by atoms with E-state index >= 15 is 0 Å². The molecule has 32 heavy (non-hydrogen) atoms. The topological polar surface area (TPSA) is 73.2 Å².